The van der Waals surface area contributed by atoms with Gasteiger partial charge in [-0.3, -0.25) is 14.7 Å². The van der Waals surface area contributed by atoms with Crippen LogP contribution in [0.5, 0.6) is 0 Å². The lowest BCUT2D eigenvalue weighted by Crippen LogP contribution is -2.55. The van der Waals surface area contributed by atoms with E-state index in [1.165, 1.54) is 25.9 Å². The zero-order valence-corrected chi connectivity index (χ0v) is 16.5. The third-order valence-corrected chi connectivity index (χ3v) is 6.08. The molecule has 148 valence electrons. The van der Waals surface area contributed by atoms with Gasteiger partial charge in [-0.1, -0.05) is 0 Å². The average Bonchev–Trinajstić information content (AvgIpc) is 3.21. The number of rotatable bonds is 4. The van der Waals surface area contributed by atoms with E-state index in [4.69, 9.17) is 9.73 Å². The van der Waals surface area contributed by atoms with E-state index in [-0.39, 0.29) is 11.4 Å². The van der Waals surface area contributed by atoms with Gasteiger partial charge in [-0.15, -0.1) is 0 Å². The topological polar surface area (TPSA) is 60.4 Å². The second kappa shape index (κ2) is 9.04. The molecular formula is C19H35N5O2. The van der Waals surface area contributed by atoms with Crippen LogP contribution in [-0.4, -0.2) is 97.7 Å². The first-order valence-electron chi connectivity index (χ1n) is 10.3. The highest BCUT2D eigenvalue weighted by Gasteiger charge is 2.39. The molecule has 0 spiro atoms. The number of piperazine rings is 1. The number of amides is 1. The molecule has 0 bridgehead atoms. The number of likely N-dealkylation sites (tertiary alicyclic amines) is 1. The number of nitrogens with one attached hydrogen (secondary N) is 1. The fourth-order valence-electron chi connectivity index (χ4n) is 4.40. The van der Waals surface area contributed by atoms with Crippen LogP contribution in [0.2, 0.25) is 0 Å². The van der Waals surface area contributed by atoms with E-state index in [0.29, 0.717) is 0 Å². The summed E-state index contributed by atoms with van der Waals surface area (Å²) in [6, 6.07) is 0. The van der Waals surface area contributed by atoms with Crippen molar-refractivity contribution in [3.05, 3.63) is 0 Å². The number of carbonyl (C=O) groups excluding carboxylic acids is 1. The smallest absolute Gasteiger partial charge is 0.219 e. The van der Waals surface area contributed by atoms with E-state index in [9.17, 15) is 4.79 Å². The van der Waals surface area contributed by atoms with Crippen LogP contribution < -0.4 is 5.32 Å². The molecule has 3 aliphatic rings. The molecule has 0 aromatic heterocycles. The number of nitrogens with zero attached hydrogens (tertiary/aromatic N) is 4. The van der Waals surface area contributed by atoms with Crippen LogP contribution in [0.15, 0.2) is 4.99 Å². The van der Waals surface area contributed by atoms with E-state index in [1.807, 2.05) is 4.90 Å². The first-order chi connectivity index (χ1) is 12.6. The van der Waals surface area contributed by atoms with Crippen LogP contribution in [0, 0.1) is 0 Å². The average molecular weight is 366 g/mol. The van der Waals surface area contributed by atoms with Crippen LogP contribution in [0.1, 0.15) is 39.5 Å². The van der Waals surface area contributed by atoms with Crippen LogP contribution in [0.4, 0.5) is 0 Å². The summed E-state index contributed by atoms with van der Waals surface area (Å²) in [6.45, 7) is 12.8. The number of aliphatic imine (C=N–C) groups is 1. The van der Waals surface area contributed by atoms with Gasteiger partial charge in [0, 0.05) is 58.4 Å². The first-order valence-corrected chi connectivity index (χ1v) is 10.3. The highest BCUT2D eigenvalue weighted by atomic mass is 16.5. The normalized spacial score (nSPS) is 24.8. The molecule has 0 radical (unpaired) electrons. The zero-order valence-electron chi connectivity index (χ0n) is 16.5. The Morgan fingerprint density at radius 1 is 1.04 bits per heavy atom. The van der Waals surface area contributed by atoms with E-state index in [1.54, 1.807) is 6.92 Å². The minimum absolute atomic E-state index is 0.163. The molecule has 3 fully saturated rings. The van der Waals surface area contributed by atoms with E-state index in [2.05, 4.69) is 22.0 Å². The second-order valence-corrected chi connectivity index (χ2v) is 7.69. The fourth-order valence-corrected chi connectivity index (χ4v) is 4.40. The Labute approximate surface area is 157 Å². The number of ether oxygens (including phenoxy) is 1. The summed E-state index contributed by atoms with van der Waals surface area (Å²) in [4.78, 5) is 23.5. The standard InChI is InChI=1S/C19H35N5O2/c1-3-20-18(23-12-10-22(11-13-23)17(2)25)21-16-19(6-14-26-15-7-19)24-8-4-5-9-24/h3-16H2,1-2H3,(H,20,21). The molecule has 3 rings (SSSR count). The summed E-state index contributed by atoms with van der Waals surface area (Å²) in [6.07, 6.45) is 4.76. The Hall–Kier alpha value is -1.34. The van der Waals surface area contributed by atoms with Crippen molar-refractivity contribution in [3.63, 3.8) is 0 Å². The molecule has 3 heterocycles. The Bertz CT molecular complexity index is 490. The summed E-state index contributed by atoms with van der Waals surface area (Å²) >= 11 is 0. The maximum absolute atomic E-state index is 11.6. The molecule has 0 unspecified atom stereocenters. The lowest BCUT2D eigenvalue weighted by atomic mass is 9.88. The fraction of sp³-hybridized carbons (Fsp3) is 0.895. The van der Waals surface area contributed by atoms with E-state index in [0.717, 1.165) is 71.3 Å². The van der Waals surface area contributed by atoms with Gasteiger partial charge in [0.15, 0.2) is 5.96 Å². The monoisotopic (exact) mass is 365 g/mol. The van der Waals surface area contributed by atoms with Crippen LogP contribution in [-0.2, 0) is 9.53 Å². The van der Waals surface area contributed by atoms with Gasteiger partial charge in [-0.05, 0) is 45.7 Å². The largest absolute Gasteiger partial charge is 0.381 e. The van der Waals surface area contributed by atoms with Gasteiger partial charge in [0.25, 0.3) is 0 Å². The molecule has 7 heteroatoms. The van der Waals surface area contributed by atoms with Crippen LogP contribution in [0.25, 0.3) is 0 Å². The molecule has 1 amide bonds. The molecule has 0 atom stereocenters. The number of guanidine groups is 1. The summed E-state index contributed by atoms with van der Waals surface area (Å²) in [5.74, 6) is 1.17. The van der Waals surface area contributed by atoms with Gasteiger partial charge in [-0.2, -0.15) is 0 Å². The predicted octanol–water partition coefficient (Wildman–Crippen LogP) is 0.761. The third kappa shape index (κ3) is 4.49. The second-order valence-electron chi connectivity index (χ2n) is 7.69. The SMILES string of the molecule is CCNC(=NCC1(N2CCCC2)CCOCC1)N1CCN(C(C)=O)CC1. The molecule has 0 aliphatic carbocycles. The molecule has 0 aromatic rings. The molecule has 3 aliphatic heterocycles. The van der Waals surface area contributed by atoms with E-state index >= 15 is 0 Å². The minimum Gasteiger partial charge on any atom is -0.381 e. The highest BCUT2D eigenvalue weighted by molar-refractivity contribution is 5.80. The number of carbonyl (C=O) groups is 1. The lowest BCUT2D eigenvalue weighted by molar-refractivity contribution is -0.130. The Morgan fingerprint density at radius 2 is 1.65 bits per heavy atom. The van der Waals surface area contributed by atoms with Crippen molar-refractivity contribution in [2.75, 3.05) is 65.6 Å². The van der Waals surface area contributed by atoms with Crippen LogP contribution >= 0.6 is 0 Å². The van der Waals surface area contributed by atoms with Gasteiger partial charge < -0.3 is 19.9 Å². The van der Waals surface area contributed by atoms with Crippen molar-refractivity contribution >= 4 is 11.9 Å². The number of hydrogen-bond donors (Lipinski definition) is 1. The van der Waals surface area contributed by atoms with Gasteiger partial charge in [-0.25, -0.2) is 0 Å². The Balaban J connectivity index is 1.68. The van der Waals surface area contributed by atoms with Crippen molar-refractivity contribution in [3.8, 4) is 0 Å². The van der Waals surface area contributed by atoms with Crippen molar-refractivity contribution in [2.45, 2.75) is 45.1 Å². The van der Waals surface area contributed by atoms with Gasteiger partial charge >= 0.3 is 0 Å². The lowest BCUT2D eigenvalue weighted by Gasteiger charge is -2.44. The Morgan fingerprint density at radius 3 is 2.23 bits per heavy atom. The molecule has 1 N–H and O–H groups in total. The summed E-state index contributed by atoms with van der Waals surface area (Å²) in [5, 5.41) is 3.47. The van der Waals surface area contributed by atoms with Crippen molar-refractivity contribution < 1.29 is 9.53 Å². The van der Waals surface area contributed by atoms with Crippen LogP contribution in [0.3, 0.4) is 0 Å². The molecule has 3 saturated heterocycles. The minimum atomic E-state index is 0.163. The van der Waals surface area contributed by atoms with E-state index < -0.39 is 0 Å². The predicted molar refractivity (Wildman–Crippen MR) is 103 cm³/mol. The van der Waals surface area contributed by atoms with Crippen molar-refractivity contribution in [1.82, 2.24) is 20.0 Å². The maximum atomic E-state index is 11.6. The molecule has 0 saturated carbocycles. The Kier molecular flexibility index (Phi) is 6.75. The van der Waals surface area contributed by atoms with Gasteiger partial charge in [0.05, 0.1) is 6.54 Å². The third-order valence-electron chi connectivity index (χ3n) is 6.08. The first kappa shape index (κ1) is 19.4. The maximum Gasteiger partial charge on any atom is 0.219 e. The quantitative estimate of drug-likeness (QED) is 0.589. The van der Waals surface area contributed by atoms with Gasteiger partial charge in [0.2, 0.25) is 5.91 Å². The van der Waals surface area contributed by atoms with Crippen molar-refractivity contribution in [1.29, 1.82) is 0 Å². The zero-order chi connectivity index (χ0) is 18.4. The van der Waals surface area contributed by atoms with Crippen molar-refractivity contribution in [2.24, 2.45) is 4.99 Å². The summed E-state index contributed by atoms with van der Waals surface area (Å²) < 4.78 is 5.65. The summed E-state index contributed by atoms with van der Waals surface area (Å²) in [7, 11) is 0. The molecular weight excluding hydrogens is 330 g/mol. The number of hydrogen-bond acceptors (Lipinski definition) is 4. The summed E-state index contributed by atoms with van der Waals surface area (Å²) in [5.41, 5.74) is 0.163. The molecule has 0 aromatic carbocycles. The highest BCUT2D eigenvalue weighted by Crippen LogP contribution is 2.31. The molecule has 26 heavy (non-hydrogen) atoms. The van der Waals surface area contributed by atoms with Gasteiger partial charge in [0.1, 0.15) is 0 Å². The molecule has 7 nitrogen and oxygen atoms in total.